The van der Waals surface area contributed by atoms with Crippen LogP contribution in [0.5, 0.6) is 34.5 Å². The average molecular weight is 554 g/mol. The molecule has 0 fully saturated rings. The van der Waals surface area contributed by atoms with Crippen molar-refractivity contribution in [3.8, 4) is 34.5 Å². The van der Waals surface area contributed by atoms with Crippen molar-refractivity contribution in [1.82, 2.24) is 9.55 Å². The van der Waals surface area contributed by atoms with Crippen molar-refractivity contribution in [2.45, 2.75) is 17.9 Å². The lowest BCUT2D eigenvalue weighted by Crippen LogP contribution is -2.28. The molecule has 0 amide bonds. The molecule has 10 heteroatoms. The number of ether oxygens (including phenoxy) is 5. The molecule has 1 atom stereocenters. The molecule has 0 saturated heterocycles. The minimum atomic E-state index is -0.547. The van der Waals surface area contributed by atoms with Gasteiger partial charge in [-0.3, -0.25) is 9.36 Å². The molecule has 4 aromatic rings. The molecule has 0 saturated carbocycles. The largest absolute Gasteiger partial charge is 0.503 e. The van der Waals surface area contributed by atoms with E-state index in [4.69, 9.17) is 23.7 Å². The molecule has 0 aliphatic heterocycles. The van der Waals surface area contributed by atoms with Crippen molar-refractivity contribution >= 4 is 21.9 Å². The van der Waals surface area contributed by atoms with Crippen molar-refractivity contribution in [1.29, 1.82) is 0 Å². The summed E-state index contributed by atoms with van der Waals surface area (Å²) in [4.78, 5) is 18.5. The predicted octanol–water partition coefficient (Wildman–Crippen LogP) is 4.26. The van der Waals surface area contributed by atoms with E-state index in [0.29, 0.717) is 70.0 Å². The molecule has 1 N–H and O–H groups in total. The van der Waals surface area contributed by atoms with Crippen LogP contribution in [-0.2, 0) is 17.4 Å². The third kappa shape index (κ3) is 6.01. The highest BCUT2D eigenvalue weighted by atomic mass is 32.2. The number of rotatable bonds is 12. The second kappa shape index (κ2) is 12.7. The first kappa shape index (κ1) is 28.0. The zero-order chi connectivity index (χ0) is 27.9. The third-order valence-corrected chi connectivity index (χ3v) is 8.24. The van der Waals surface area contributed by atoms with Crippen LogP contribution in [0.2, 0.25) is 0 Å². The minimum absolute atomic E-state index is 0.0126. The van der Waals surface area contributed by atoms with Crippen LogP contribution in [0, 0.1) is 0 Å². The molecule has 2 aromatic carbocycles. The maximum absolute atomic E-state index is 13.7. The Morgan fingerprint density at radius 3 is 2.33 bits per heavy atom. The van der Waals surface area contributed by atoms with Crippen LogP contribution in [0.1, 0.15) is 12.0 Å². The fourth-order valence-electron chi connectivity index (χ4n) is 4.36. The highest BCUT2D eigenvalue weighted by Crippen LogP contribution is 2.40. The van der Waals surface area contributed by atoms with Gasteiger partial charge in [0.15, 0.2) is 17.2 Å². The number of hydrogen-bond donors (Lipinski definition) is 1. The summed E-state index contributed by atoms with van der Waals surface area (Å²) in [6.45, 7) is 0.710. The van der Waals surface area contributed by atoms with Crippen molar-refractivity contribution in [2.75, 3.05) is 47.1 Å². The van der Waals surface area contributed by atoms with Gasteiger partial charge in [-0.15, -0.1) is 0 Å². The van der Waals surface area contributed by atoms with Crippen LogP contribution in [0.25, 0.3) is 11.0 Å². The molecule has 2 heterocycles. The molecule has 0 aliphatic carbocycles. The lowest BCUT2D eigenvalue weighted by molar-refractivity contribution is 0.299. The number of methoxy groups -OCH3 is 4. The van der Waals surface area contributed by atoms with Gasteiger partial charge in [0, 0.05) is 35.6 Å². The standard InChI is InChI=1S/C29H32N2O7S/c1-34-20-10-6-9-19(15-20)18-31-28-22(11-7-12-30-28)25(32)27(29(31)33)39(5)14-8-13-38-21-16-23(35-2)26(37-4)24(17-21)36-3/h6-7,9-12,15-17H,8,13-14,18H2,1-5H3/p+1. The molecular weight excluding hydrogens is 520 g/mol. The van der Waals surface area contributed by atoms with Crippen molar-refractivity contribution in [3.63, 3.8) is 0 Å². The summed E-state index contributed by atoms with van der Waals surface area (Å²) < 4.78 is 29.1. The third-order valence-electron chi connectivity index (χ3n) is 6.28. The topological polar surface area (TPSA) is 101 Å². The number of aromatic hydroxyl groups is 1. The van der Waals surface area contributed by atoms with E-state index in [1.807, 2.05) is 30.5 Å². The van der Waals surface area contributed by atoms with E-state index in [0.717, 1.165) is 5.56 Å². The van der Waals surface area contributed by atoms with Crippen molar-refractivity contribution in [3.05, 3.63) is 70.6 Å². The van der Waals surface area contributed by atoms with Gasteiger partial charge in [0.1, 0.15) is 29.2 Å². The molecule has 4 rings (SSSR count). The van der Waals surface area contributed by atoms with Gasteiger partial charge in [0.25, 0.3) is 4.90 Å². The highest BCUT2D eigenvalue weighted by molar-refractivity contribution is 7.96. The second-order valence-electron chi connectivity index (χ2n) is 8.70. The van der Waals surface area contributed by atoms with E-state index in [1.54, 1.807) is 63.5 Å². The Morgan fingerprint density at radius 2 is 1.67 bits per heavy atom. The molecule has 1 unspecified atom stereocenters. The van der Waals surface area contributed by atoms with Crippen LogP contribution >= 0.6 is 0 Å². The smallest absolute Gasteiger partial charge is 0.311 e. The SMILES string of the molecule is COc1cccc(Cn2c(=O)c([S+](C)CCCOc3cc(OC)c(OC)c(OC)c3)c(O)c3cccnc32)c1. The number of hydrogen-bond acceptors (Lipinski definition) is 8. The van der Waals surface area contributed by atoms with E-state index in [2.05, 4.69) is 4.98 Å². The molecule has 0 spiro atoms. The maximum atomic E-state index is 13.7. The van der Waals surface area contributed by atoms with Gasteiger partial charge in [-0.1, -0.05) is 12.1 Å². The zero-order valence-electron chi connectivity index (χ0n) is 22.7. The first-order chi connectivity index (χ1) is 18.9. The second-order valence-corrected chi connectivity index (χ2v) is 10.8. The Bertz CT molecular complexity index is 1480. The Hall–Kier alpha value is -4.05. The molecule has 0 radical (unpaired) electrons. The Balaban J connectivity index is 1.55. The van der Waals surface area contributed by atoms with E-state index in [1.165, 1.54) is 0 Å². The van der Waals surface area contributed by atoms with Gasteiger partial charge in [-0.2, -0.15) is 0 Å². The summed E-state index contributed by atoms with van der Waals surface area (Å²) in [5.41, 5.74) is 1.09. The lowest BCUT2D eigenvalue weighted by Gasteiger charge is -2.15. The fourth-order valence-corrected chi connectivity index (χ4v) is 5.96. The van der Waals surface area contributed by atoms with Gasteiger partial charge in [0.05, 0.1) is 47.0 Å². The monoisotopic (exact) mass is 553 g/mol. The van der Waals surface area contributed by atoms with Gasteiger partial charge in [-0.05, 0) is 29.8 Å². The molecule has 0 bridgehead atoms. The Morgan fingerprint density at radius 1 is 0.923 bits per heavy atom. The molecule has 206 valence electrons. The van der Waals surface area contributed by atoms with Crippen LogP contribution in [-0.4, -0.2) is 61.7 Å². The predicted molar refractivity (Wildman–Crippen MR) is 152 cm³/mol. The minimum Gasteiger partial charge on any atom is -0.503 e. The summed E-state index contributed by atoms with van der Waals surface area (Å²) in [6, 6.07) is 14.6. The highest BCUT2D eigenvalue weighted by Gasteiger charge is 2.29. The van der Waals surface area contributed by atoms with E-state index >= 15 is 0 Å². The van der Waals surface area contributed by atoms with E-state index in [9.17, 15) is 9.90 Å². The molecule has 39 heavy (non-hydrogen) atoms. The summed E-state index contributed by atoms with van der Waals surface area (Å²) in [6.07, 6.45) is 4.25. The van der Waals surface area contributed by atoms with Crippen LogP contribution in [0.15, 0.2) is 64.4 Å². The summed E-state index contributed by atoms with van der Waals surface area (Å²) in [5, 5.41) is 11.7. The fraction of sp³-hybridized carbons (Fsp3) is 0.310. The molecule has 9 nitrogen and oxygen atoms in total. The molecular formula is C29H33N2O7S+. The van der Waals surface area contributed by atoms with Gasteiger partial charge >= 0.3 is 5.56 Å². The van der Waals surface area contributed by atoms with Crippen LogP contribution in [0.3, 0.4) is 0 Å². The van der Waals surface area contributed by atoms with E-state index in [-0.39, 0.29) is 11.3 Å². The van der Waals surface area contributed by atoms with Crippen LogP contribution in [0.4, 0.5) is 0 Å². The first-order valence-corrected chi connectivity index (χ1v) is 14.1. The number of aromatic nitrogens is 2. The van der Waals surface area contributed by atoms with E-state index < -0.39 is 10.9 Å². The van der Waals surface area contributed by atoms with Gasteiger partial charge < -0.3 is 28.8 Å². The van der Waals surface area contributed by atoms with Gasteiger partial charge in [0.2, 0.25) is 5.75 Å². The van der Waals surface area contributed by atoms with Crippen molar-refractivity contribution in [2.24, 2.45) is 0 Å². The summed E-state index contributed by atoms with van der Waals surface area (Å²) in [7, 11) is 5.71. The number of fused-ring (bicyclic) bond motifs is 1. The van der Waals surface area contributed by atoms with Crippen molar-refractivity contribution < 1.29 is 28.8 Å². The Labute approximate surface area is 230 Å². The summed E-state index contributed by atoms with van der Waals surface area (Å²) in [5.74, 6) is 3.44. The zero-order valence-corrected chi connectivity index (χ0v) is 23.5. The summed E-state index contributed by atoms with van der Waals surface area (Å²) >= 11 is 0. The number of nitrogens with zero attached hydrogens (tertiary/aromatic N) is 2. The first-order valence-electron chi connectivity index (χ1n) is 12.3. The number of pyridine rings is 2. The normalized spacial score (nSPS) is 11.7. The van der Waals surface area contributed by atoms with Gasteiger partial charge in [-0.25, -0.2) is 4.98 Å². The quantitative estimate of drug-likeness (QED) is 0.205. The number of benzene rings is 2. The molecule has 0 aliphatic rings. The maximum Gasteiger partial charge on any atom is 0.311 e. The van der Waals surface area contributed by atoms with Crippen LogP contribution < -0.4 is 29.2 Å². The molecule has 2 aromatic heterocycles. The lowest BCUT2D eigenvalue weighted by atomic mass is 10.2. The Kier molecular flexibility index (Phi) is 9.08. The average Bonchev–Trinajstić information content (AvgIpc) is 2.97.